The summed E-state index contributed by atoms with van der Waals surface area (Å²) in [5.41, 5.74) is 2.74. The average Bonchev–Trinajstić information content (AvgIpc) is 3.27. The number of aromatic nitrogens is 4. The highest BCUT2D eigenvalue weighted by Gasteiger charge is 2.12. The molecular weight excluding hydrogens is 473 g/mol. The molecule has 2 aromatic heterocycles. The van der Waals surface area contributed by atoms with Crippen molar-refractivity contribution in [2.45, 2.75) is 19.9 Å². The molecule has 0 saturated heterocycles. The number of carbonyl (C=O) groups is 1. The van der Waals surface area contributed by atoms with Gasteiger partial charge in [-0.2, -0.15) is 9.61 Å². The average molecular weight is 489 g/mol. The van der Waals surface area contributed by atoms with Crippen molar-refractivity contribution >= 4 is 44.8 Å². The van der Waals surface area contributed by atoms with E-state index in [1.165, 1.54) is 11.3 Å². The van der Waals surface area contributed by atoms with Crippen molar-refractivity contribution in [3.05, 3.63) is 69.1 Å². The Balaban J connectivity index is 1.45. The van der Waals surface area contributed by atoms with Gasteiger partial charge in [0.2, 0.25) is 4.96 Å². The third kappa shape index (κ3) is 3.86. The second kappa shape index (κ2) is 7.73. The number of benzene rings is 2. The fourth-order valence-electron chi connectivity index (χ4n) is 2.67. The molecular formula is C19H16IN5OS. The third-order valence-corrected chi connectivity index (χ3v) is 5.73. The first-order valence-corrected chi connectivity index (χ1v) is 10.4. The molecule has 27 heavy (non-hydrogen) atoms. The molecule has 0 aliphatic rings. The normalized spacial score (nSPS) is 11.0. The fraction of sp³-hybridized carbons (Fsp3) is 0.158. The van der Waals surface area contributed by atoms with Crippen LogP contribution in [0.5, 0.6) is 0 Å². The summed E-state index contributed by atoms with van der Waals surface area (Å²) in [6.45, 7) is 2.52. The summed E-state index contributed by atoms with van der Waals surface area (Å²) in [5.74, 6) is 0.792. The zero-order valence-electron chi connectivity index (χ0n) is 14.5. The molecule has 0 fully saturated rings. The first-order chi connectivity index (χ1) is 13.1. The Labute approximate surface area is 173 Å². The monoisotopic (exact) mass is 489 g/mol. The van der Waals surface area contributed by atoms with Gasteiger partial charge in [0.1, 0.15) is 5.01 Å². The van der Waals surface area contributed by atoms with E-state index in [4.69, 9.17) is 0 Å². The third-order valence-electron chi connectivity index (χ3n) is 4.11. The number of carbonyl (C=O) groups excluding carboxylic acids is 1. The lowest BCUT2D eigenvalue weighted by molar-refractivity contribution is 0.0951. The summed E-state index contributed by atoms with van der Waals surface area (Å²) >= 11 is 3.72. The molecule has 2 heterocycles. The molecule has 4 aromatic rings. The van der Waals surface area contributed by atoms with Crippen molar-refractivity contribution in [3.8, 4) is 10.6 Å². The molecule has 1 N–H and O–H groups in total. The Morgan fingerprint density at radius 2 is 2.00 bits per heavy atom. The minimum Gasteiger partial charge on any atom is -0.348 e. The molecule has 0 spiro atoms. The lowest BCUT2D eigenvalue weighted by Gasteiger charge is -2.06. The van der Waals surface area contributed by atoms with Gasteiger partial charge in [0, 0.05) is 27.7 Å². The van der Waals surface area contributed by atoms with E-state index in [1.54, 1.807) is 4.52 Å². The summed E-state index contributed by atoms with van der Waals surface area (Å²) in [4.78, 5) is 13.1. The van der Waals surface area contributed by atoms with Crippen LogP contribution in [0.3, 0.4) is 0 Å². The van der Waals surface area contributed by atoms with Gasteiger partial charge in [0.05, 0.1) is 0 Å². The Morgan fingerprint density at radius 3 is 2.74 bits per heavy atom. The molecule has 0 atom stereocenters. The first kappa shape index (κ1) is 18.1. The van der Waals surface area contributed by atoms with Crippen LogP contribution in [0.2, 0.25) is 0 Å². The standard InChI is InChI=1S/C19H16IN5OS/c1-2-16-22-23-19-25(16)24-18(27-19)13-8-6-12(7-9-13)11-21-17(26)14-4-3-5-15(20)10-14/h3-10H,2,11H2,1H3,(H,21,26). The van der Waals surface area contributed by atoms with E-state index in [2.05, 4.69) is 43.2 Å². The number of hydrogen-bond donors (Lipinski definition) is 1. The Kier molecular flexibility index (Phi) is 5.17. The smallest absolute Gasteiger partial charge is 0.251 e. The zero-order chi connectivity index (χ0) is 18.8. The molecule has 0 aliphatic heterocycles. The van der Waals surface area contributed by atoms with Gasteiger partial charge >= 0.3 is 0 Å². The minimum atomic E-state index is -0.0710. The molecule has 1 amide bonds. The quantitative estimate of drug-likeness (QED) is 0.431. The number of halogens is 1. The molecule has 2 aromatic carbocycles. The molecule has 0 saturated carbocycles. The molecule has 0 radical (unpaired) electrons. The number of nitrogens with one attached hydrogen (secondary N) is 1. The van der Waals surface area contributed by atoms with Crippen molar-refractivity contribution in [3.63, 3.8) is 0 Å². The van der Waals surface area contributed by atoms with Crippen molar-refractivity contribution in [2.24, 2.45) is 0 Å². The van der Waals surface area contributed by atoms with Crippen molar-refractivity contribution in [1.29, 1.82) is 0 Å². The van der Waals surface area contributed by atoms with Crippen LogP contribution in [0.1, 0.15) is 28.7 Å². The Hall–Kier alpha value is -2.33. The summed E-state index contributed by atoms with van der Waals surface area (Å²) in [5, 5.41) is 16.7. The molecule has 4 rings (SSSR count). The van der Waals surface area contributed by atoms with Crippen LogP contribution in [0.25, 0.3) is 15.5 Å². The van der Waals surface area contributed by atoms with E-state index in [0.29, 0.717) is 12.1 Å². The van der Waals surface area contributed by atoms with Gasteiger partial charge in [0.25, 0.3) is 5.91 Å². The van der Waals surface area contributed by atoms with E-state index in [-0.39, 0.29) is 5.91 Å². The van der Waals surface area contributed by atoms with Gasteiger partial charge in [-0.25, -0.2) is 0 Å². The highest BCUT2D eigenvalue weighted by molar-refractivity contribution is 14.1. The number of hydrogen-bond acceptors (Lipinski definition) is 5. The highest BCUT2D eigenvalue weighted by Crippen LogP contribution is 2.25. The number of aryl methyl sites for hydroxylation is 1. The predicted molar refractivity (Wildman–Crippen MR) is 114 cm³/mol. The van der Waals surface area contributed by atoms with E-state index < -0.39 is 0 Å². The van der Waals surface area contributed by atoms with Crippen molar-refractivity contribution in [2.75, 3.05) is 0 Å². The highest BCUT2D eigenvalue weighted by atomic mass is 127. The lowest BCUT2D eigenvalue weighted by Crippen LogP contribution is -2.22. The number of nitrogens with zero attached hydrogens (tertiary/aromatic N) is 4. The number of rotatable bonds is 5. The molecule has 0 unspecified atom stereocenters. The Bertz CT molecular complexity index is 1100. The summed E-state index contributed by atoms with van der Waals surface area (Å²) < 4.78 is 2.84. The van der Waals surface area contributed by atoms with Gasteiger partial charge in [-0.15, -0.1) is 10.2 Å². The maximum Gasteiger partial charge on any atom is 0.251 e. The largest absolute Gasteiger partial charge is 0.348 e. The number of amides is 1. The van der Waals surface area contributed by atoms with E-state index in [0.717, 1.165) is 36.9 Å². The molecule has 0 bridgehead atoms. The molecule has 8 heteroatoms. The van der Waals surface area contributed by atoms with Gasteiger partial charge in [0.15, 0.2) is 5.82 Å². The van der Waals surface area contributed by atoms with Gasteiger partial charge in [-0.1, -0.05) is 48.6 Å². The summed E-state index contributed by atoms with van der Waals surface area (Å²) in [6.07, 6.45) is 0.795. The second-order valence-corrected chi connectivity index (χ2v) is 8.16. The first-order valence-electron chi connectivity index (χ1n) is 8.48. The maximum atomic E-state index is 12.3. The molecule has 136 valence electrons. The summed E-state index contributed by atoms with van der Waals surface area (Å²) in [7, 11) is 0. The molecule has 6 nitrogen and oxygen atoms in total. The molecule has 0 aliphatic carbocycles. The predicted octanol–water partition coefficient (Wildman–Crippen LogP) is 3.95. The second-order valence-electron chi connectivity index (χ2n) is 5.96. The van der Waals surface area contributed by atoms with E-state index >= 15 is 0 Å². The van der Waals surface area contributed by atoms with Crippen LogP contribution < -0.4 is 5.32 Å². The number of fused-ring (bicyclic) bond motifs is 1. The SMILES string of the molecule is CCc1nnc2sc(-c3ccc(CNC(=O)c4cccc(I)c4)cc3)nn12. The minimum absolute atomic E-state index is 0.0710. The topological polar surface area (TPSA) is 72.2 Å². The van der Waals surface area contributed by atoms with Gasteiger partial charge in [-0.05, 0) is 46.4 Å². The lowest BCUT2D eigenvalue weighted by atomic mass is 10.1. The zero-order valence-corrected chi connectivity index (χ0v) is 17.5. The van der Waals surface area contributed by atoms with Crippen molar-refractivity contribution in [1.82, 2.24) is 25.1 Å². The van der Waals surface area contributed by atoms with Crippen LogP contribution in [0.4, 0.5) is 0 Å². The fourth-order valence-corrected chi connectivity index (χ4v) is 4.08. The van der Waals surface area contributed by atoms with Crippen molar-refractivity contribution < 1.29 is 4.79 Å². The maximum absolute atomic E-state index is 12.3. The van der Waals surface area contributed by atoms with Crippen LogP contribution in [0, 0.1) is 3.57 Å². The van der Waals surface area contributed by atoms with Crippen LogP contribution in [-0.2, 0) is 13.0 Å². The van der Waals surface area contributed by atoms with Crippen LogP contribution in [-0.4, -0.2) is 25.7 Å². The van der Waals surface area contributed by atoms with Crippen LogP contribution in [0.15, 0.2) is 48.5 Å². The van der Waals surface area contributed by atoms with E-state index in [9.17, 15) is 4.79 Å². The summed E-state index contributed by atoms with van der Waals surface area (Å²) in [6, 6.07) is 15.6. The van der Waals surface area contributed by atoms with Gasteiger partial charge in [-0.3, -0.25) is 4.79 Å². The van der Waals surface area contributed by atoms with Crippen LogP contribution >= 0.6 is 33.9 Å². The Morgan fingerprint density at radius 1 is 1.19 bits per heavy atom. The van der Waals surface area contributed by atoms with E-state index in [1.807, 2.05) is 55.5 Å². The van der Waals surface area contributed by atoms with Gasteiger partial charge < -0.3 is 5.32 Å².